The number of methoxy groups -OCH3 is 1. The average Bonchev–Trinajstić information content (AvgIpc) is 2.83. The molecule has 1 atom stereocenters. The highest BCUT2D eigenvalue weighted by Gasteiger charge is 2.24. The number of benzene rings is 2. The van der Waals surface area contributed by atoms with E-state index in [0.717, 1.165) is 18.4 Å². The summed E-state index contributed by atoms with van der Waals surface area (Å²) < 4.78 is 11.8. The lowest BCUT2D eigenvalue weighted by atomic mass is 10.1. The quantitative estimate of drug-likeness (QED) is 0.428. The lowest BCUT2D eigenvalue weighted by Crippen LogP contribution is -2.31. The number of nitrogens with zero attached hydrogens (tertiary/aromatic N) is 2. The Morgan fingerprint density at radius 2 is 1.85 bits per heavy atom. The van der Waals surface area contributed by atoms with E-state index >= 15 is 0 Å². The number of ether oxygens (including phenoxy) is 2. The maximum Gasteiger partial charge on any atom is 0.349 e. The molecule has 1 unspecified atom stereocenters. The Balaban J connectivity index is 1.86. The molecule has 3 rings (SSSR count). The molecular formula is C25H25ClN2O6. The molecule has 178 valence electrons. The third-order valence-electron chi connectivity index (χ3n) is 5.22. The van der Waals surface area contributed by atoms with Crippen LogP contribution in [0.3, 0.4) is 0 Å². The van der Waals surface area contributed by atoms with Crippen molar-refractivity contribution < 1.29 is 24.2 Å². The summed E-state index contributed by atoms with van der Waals surface area (Å²) in [6, 6.07) is 13.3. The highest BCUT2D eigenvalue weighted by molar-refractivity contribution is 6.31. The number of rotatable bonds is 10. The van der Waals surface area contributed by atoms with Gasteiger partial charge in [-0.3, -0.25) is 9.36 Å². The number of hydrogen-bond donors (Lipinski definition) is 1. The number of carboxylic acids is 1. The standard InChI is InChI=1S/C25H25ClN2O6/c1-3-4-9-21-27-14-19(25(32)33-2)23(29)28(21)15-16-10-12-17(13-11-16)34-22(24(30)31)18-7-5-6-8-20(18)26/h5-8,10-14,22H,3-4,9,15H2,1-2H3,(H,30,31). The molecule has 0 aliphatic rings. The first-order chi connectivity index (χ1) is 16.3. The molecule has 3 aromatic rings. The van der Waals surface area contributed by atoms with Gasteiger partial charge in [0.25, 0.3) is 5.56 Å². The lowest BCUT2D eigenvalue weighted by Gasteiger charge is -2.17. The minimum absolute atomic E-state index is 0.133. The number of aromatic nitrogens is 2. The fraction of sp³-hybridized carbons (Fsp3) is 0.280. The van der Waals surface area contributed by atoms with E-state index in [1.807, 2.05) is 6.92 Å². The molecule has 1 heterocycles. The van der Waals surface area contributed by atoms with Crippen LogP contribution in [0, 0.1) is 0 Å². The summed E-state index contributed by atoms with van der Waals surface area (Å²) >= 11 is 6.14. The van der Waals surface area contributed by atoms with Gasteiger partial charge in [0.15, 0.2) is 0 Å². The predicted octanol–water partition coefficient (Wildman–Crippen LogP) is 4.28. The van der Waals surface area contributed by atoms with E-state index in [9.17, 15) is 19.5 Å². The Morgan fingerprint density at radius 3 is 2.47 bits per heavy atom. The van der Waals surface area contributed by atoms with Gasteiger partial charge in [0, 0.05) is 23.2 Å². The monoisotopic (exact) mass is 484 g/mol. The first-order valence-corrected chi connectivity index (χ1v) is 11.1. The van der Waals surface area contributed by atoms with E-state index in [1.54, 1.807) is 48.5 Å². The summed E-state index contributed by atoms with van der Waals surface area (Å²) in [7, 11) is 1.21. The molecule has 0 radical (unpaired) electrons. The molecule has 2 aromatic carbocycles. The molecule has 1 aromatic heterocycles. The van der Waals surface area contributed by atoms with Crippen molar-refractivity contribution in [1.29, 1.82) is 0 Å². The van der Waals surface area contributed by atoms with Crippen molar-refractivity contribution in [1.82, 2.24) is 9.55 Å². The number of aryl methyl sites for hydroxylation is 1. The van der Waals surface area contributed by atoms with Gasteiger partial charge in [-0.2, -0.15) is 0 Å². The minimum atomic E-state index is -1.27. The SMILES string of the molecule is CCCCc1ncc(C(=O)OC)c(=O)n1Cc1ccc(OC(C(=O)O)c2ccccc2Cl)cc1. The van der Waals surface area contributed by atoms with Gasteiger partial charge in [0.1, 0.15) is 17.1 Å². The molecule has 0 amide bonds. The topological polar surface area (TPSA) is 108 Å². The van der Waals surface area contributed by atoms with Crippen LogP contribution < -0.4 is 10.3 Å². The normalized spacial score (nSPS) is 11.6. The zero-order chi connectivity index (χ0) is 24.7. The molecule has 0 fully saturated rings. The van der Waals surface area contributed by atoms with Gasteiger partial charge in [-0.05, 0) is 30.2 Å². The Morgan fingerprint density at radius 1 is 1.15 bits per heavy atom. The summed E-state index contributed by atoms with van der Waals surface area (Å²) in [5.41, 5.74) is 0.490. The largest absolute Gasteiger partial charge is 0.478 e. The van der Waals surface area contributed by atoms with Gasteiger partial charge in [0.05, 0.1) is 13.7 Å². The Hall–Kier alpha value is -3.65. The predicted molar refractivity (Wildman–Crippen MR) is 126 cm³/mol. The highest BCUT2D eigenvalue weighted by Crippen LogP contribution is 2.28. The van der Waals surface area contributed by atoms with Crippen LogP contribution in [0.25, 0.3) is 0 Å². The first kappa shape index (κ1) is 25.0. The Bertz CT molecular complexity index is 1220. The number of aliphatic carboxylic acids is 1. The smallest absolute Gasteiger partial charge is 0.349 e. The summed E-state index contributed by atoms with van der Waals surface area (Å²) in [6.45, 7) is 2.22. The molecule has 9 heteroatoms. The second-order valence-electron chi connectivity index (χ2n) is 7.58. The Kier molecular flexibility index (Phi) is 8.43. The number of esters is 1. The first-order valence-electron chi connectivity index (χ1n) is 10.8. The molecule has 0 saturated heterocycles. The van der Waals surface area contributed by atoms with Crippen molar-refractivity contribution in [2.45, 2.75) is 38.8 Å². The summed E-state index contributed by atoms with van der Waals surface area (Å²) in [4.78, 5) is 41.0. The van der Waals surface area contributed by atoms with Crippen LogP contribution in [-0.2, 0) is 22.5 Å². The molecule has 0 aliphatic carbocycles. The van der Waals surface area contributed by atoms with Crippen LogP contribution in [-0.4, -0.2) is 33.7 Å². The maximum atomic E-state index is 13.0. The highest BCUT2D eigenvalue weighted by atomic mass is 35.5. The average molecular weight is 485 g/mol. The molecular weight excluding hydrogens is 460 g/mol. The van der Waals surface area contributed by atoms with Crippen molar-refractivity contribution in [3.8, 4) is 5.75 Å². The number of unbranched alkanes of at least 4 members (excludes halogenated alkanes) is 1. The van der Waals surface area contributed by atoms with E-state index in [0.29, 0.717) is 28.6 Å². The van der Waals surface area contributed by atoms with Gasteiger partial charge < -0.3 is 14.6 Å². The third-order valence-corrected chi connectivity index (χ3v) is 5.56. The van der Waals surface area contributed by atoms with Gasteiger partial charge in [0.2, 0.25) is 6.10 Å². The van der Waals surface area contributed by atoms with Crippen molar-refractivity contribution in [2.24, 2.45) is 0 Å². The van der Waals surface area contributed by atoms with Crippen LogP contribution in [0.5, 0.6) is 5.75 Å². The van der Waals surface area contributed by atoms with E-state index in [-0.39, 0.29) is 12.1 Å². The summed E-state index contributed by atoms with van der Waals surface area (Å²) in [5.74, 6) is -1.01. The molecule has 8 nitrogen and oxygen atoms in total. The lowest BCUT2D eigenvalue weighted by molar-refractivity contribution is -0.145. The van der Waals surface area contributed by atoms with E-state index in [4.69, 9.17) is 21.1 Å². The molecule has 1 N–H and O–H groups in total. The van der Waals surface area contributed by atoms with Crippen molar-refractivity contribution in [3.05, 3.63) is 92.6 Å². The zero-order valence-electron chi connectivity index (χ0n) is 18.9. The number of carbonyl (C=O) groups is 2. The number of halogens is 1. The van der Waals surface area contributed by atoms with Gasteiger partial charge in [-0.15, -0.1) is 0 Å². The fourth-order valence-corrected chi connectivity index (χ4v) is 3.64. The summed E-state index contributed by atoms with van der Waals surface area (Å²) in [5, 5.41) is 9.91. The molecule has 0 aliphatic heterocycles. The van der Waals surface area contributed by atoms with Crippen molar-refractivity contribution in [2.75, 3.05) is 7.11 Å². The zero-order valence-corrected chi connectivity index (χ0v) is 19.6. The second-order valence-corrected chi connectivity index (χ2v) is 7.98. The van der Waals surface area contributed by atoms with Crippen LogP contribution >= 0.6 is 11.6 Å². The molecule has 0 bridgehead atoms. The maximum absolute atomic E-state index is 13.0. The van der Waals surface area contributed by atoms with Crippen LogP contribution in [0.4, 0.5) is 0 Å². The number of carboxylic acid groups (broad SMARTS) is 1. The van der Waals surface area contributed by atoms with Crippen LogP contribution in [0.15, 0.2) is 59.5 Å². The van der Waals surface area contributed by atoms with Crippen molar-refractivity contribution >= 4 is 23.5 Å². The van der Waals surface area contributed by atoms with Gasteiger partial charge >= 0.3 is 11.9 Å². The minimum Gasteiger partial charge on any atom is -0.478 e. The summed E-state index contributed by atoms with van der Waals surface area (Å²) in [6.07, 6.45) is 2.34. The van der Waals surface area contributed by atoms with E-state index in [2.05, 4.69) is 4.98 Å². The molecule has 34 heavy (non-hydrogen) atoms. The van der Waals surface area contributed by atoms with Crippen LogP contribution in [0.1, 0.15) is 53.2 Å². The van der Waals surface area contributed by atoms with E-state index < -0.39 is 23.6 Å². The third kappa shape index (κ3) is 5.82. The molecule has 0 saturated carbocycles. The van der Waals surface area contributed by atoms with Crippen molar-refractivity contribution in [3.63, 3.8) is 0 Å². The van der Waals surface area contributed by atoms with Crippen LogP contribution in [0.2, 0.25) is 5.02 Å². The number of carbonyl (C=O) groups excluding carboxylic acids is 1. The van der Waals surface area contributed by atoms with Gasteiger partial charge in [-0.1, -0.05) is 55.3 Å². The molecule has 0 spiro atoms. The van der Waals surface area contributed by atoms with E-state index in [1.165, 1.54) is 17.9 Å². The van der Waals surface area contributed by atoms with Gasteiger partial charge in [-0.25, -0.2) is 14.6 Å². The Labute approximate surface area is 201 Å². The fourth-order valence-electron chi connectivity index (χ4n) is 3.40. The number of hydrogen-bond acceptors (Lipinski definition) is 6. The second kappa shape index (κ2) is 11.5.